The molecule has 1 heterocycles. The minimum atomic E-state index is -4.20. The van der Waals surface area contributed by atoms with Crippen molar-refractivity contribution in [2.24, 2.45) is 0 Å². The largest absolute Gasteiger partial charge is 0.408 e. The van der Waals surface area contributed by atoms with Gasteiger partial charge in [0.15, 0.2) is 0 Å². The first-order chi connectivity index (χ1) is 5.53. The first kappa shape index (κ1) is 9.09. The first-order valence-corrected chi connectivity index (χ1v) is 3.52. The fourth-order valence-electron chi connectivity index (χ4n) is 0.908. The van der Waals surface area contributed by atoms with Gasteiger partial charge >= 0.3 is 6.18 Å². The summed E-state index contributed by atoms with van der Waals surface area (Å²) in [6.07, 6.45) is -2.44. The van der Waals surface area contributed by atoms with Gasteiger partial charge in [0.25, 0.3) is 0 Å². The van der Waals surface area contributed by atoms with Crippen LogP contribution in [0.25, 0.3) is 0 Å². The molecular weight excluding hydrogens is 169 g/mol. The van der Waals surface area contributed by atoms with Crippen LogP contribution in [0.1, 0.15) is 12.6 Å². The number of halogens is 3. The van der Waals surface area contributed by atoms with Gasteiger partial charge in [-0.25, -0.2) is 0 Å². The third-order valence-corrected chi connectivity index (χ3v) is 1.40. The number of hydrogen-bond acceptors (Lipinski definition) is 1. The van der Waals surface area contributed by atoms with Crippen LogP contribution in [0, 0.1) is 6.07 Å². The zero-order valence-corrected chi connectivity index (χ0v) is 6.52. The second kappa shape index (κ2) is 3.16. The predicted molar refractivity (Wildman–Crippen MR) is 36.5 cm³/mol. The van der Waals surface area contributed by atoms with E-state index in [2.05, 4.69) is 11.2 Å². The monoisotopic (exact) mass is 177 g/mol. The molecule has 0 aliphatic carbocycles. The van der Waals surface area contributed by atoms with E-state index < -0.39 is 12.7 Å². The average molecular weight is 177 g/mol. The Balaban J connectivity index is 2.75. The van der Waals surface area contributed by atoms with Gasteiger partial charge in [-0.05, 0) is 6.42 Å². The van der Waals surface area contributed by atoms with E-state index >= 15 is 0 Å². The van der Waals surface area contributed by atoms with E-state index in [-0.39, 0.29) is 0 Å². The lowest BCUT2D eigenvalue weighted by atomic mass is 10.3. The van der Waals surface area contributed by atoms with E-state index in [1.54, 1.807) is 6.92 Å². The Labute approximate surface area is 68.0 Å². The maximum absolute atomic E-state index is 11.9. The Morgan fingerprint density at radius 2 is 2.25 bits per heavy atom. The summed E-state index contributed by atoms with van der Waals surface area (Å²) in [5.41, 5.74) is 0.479. The van der Waals surface area contributed by atoms with Crippen LogP contribution >= 0.6 is 0 Å². The summed E-state index contributed by atoms with van der Waals surface area (Å²) in [5.74, 6) is 0. The second-order valence-electron chi connectivity index (χ2n) is 2.36. The van der Waals surface area contributed by atoms with Gasteiger partial charge in [0.05, 0.1) is 6.20 Å². The summed E-state index contributed by atoms with van der Waals surface area (Å²) in [6, 6.07) is 2.63. The van der Waals surface area contributed by atoms with Crippen LogP contribution in [0.15, 0.2) is 6.20 Å². The number of aromatic nitrogens is 2. The highest BCUT2D eigenvalue weighted by molar-refractivity contribution is 4.97. The van der Waals surface area contributed by atoms with Crippen LogP contribution in [0.5, 0.6) is 0 Å². The highest BCUT2D eigenvalue weighted by Gasteiger charge is 2.28. The van der Waals surface area contributed by atoms with Crippen LogP contribution in [0.2, 0.25) is 0 Å². The summed E-state index contributed by atoms with van der Waals surface area (Å²) >= 11 is 0. The molecule has 2 nitrogen and oxygen atoms in total. The van der Waals surface area contributed by atoms with Crippen molar-refractivity contribution in [1.29, 1.82) is 0 Å². The molecule has 0 saturated carbocycles. The molecule has 1 rings (SSSR count). The SMILES string of the molecule is CCc1[c]cnn1CC(F)(F)F. The van der Waals surface area contributed by atoms with Gasteiger partial charge in [0, 0.05) is 11.8 Å². The first-order valence-electron chi connectivity index (χ1n) is 3.52. The summed E-state index contributed by atoms with van der Waals surface area (Å²) in [4.78, 5) is 0. The van der Waals surface area contributed by atoms with Gasteiger partial charge in [-0.2, -0.15) is 18.3 Å². The van der Waals surface area contributed by atoms with Crippen molar-refractivity contribution in [3.63, 3.8) is 0 Å². The van der Waals surface area contributed by atoms with Crippen molar-refractivity contribution in [1.82, 2.24) is 9.78 Å². The maximum atomic E-state index is 11.9. The van der Waals surface area contributed by atoms with E-state index in [0.29, 0.717) is 12.1 Å². The van der Waals surface area contributed by atoms with Gasteiger partial charge in [0.1, 0.15) is 6.54 Å². The molecule has 0 aromatic carbocycles. The van der Waals surface area contributed by atoms with Crippen LogP contribution in [0.4, 0.5) is 13.2 Å². The van der Waals surface area contributed by atoms with Crippen molar-refractivity contribution < 1.29 is 13.2 Å². The highest BCUT2D eigenvalue weighted by atomic mass is 19.4. The Morgan fingerprint density at radius 3 is 2.75 bits per heavy atom. The lowest BCUT2D eigenvalue weighted by Gasteiger charge is -2.08. The molecule has 0 spiro atoms. The molecule has 0 bridgehead atoms. The Bertz CT molecular complexity index is 251. The average Bonchev–Trinajstić information content (AvgIpc) is 2.31. The normalized spacial score (nSPS) is 12.0. The molecule has 0 aliphatic rings. The highest BCUT2D eigenvalue weighted by Crippen LogP contribution is 2.17. The summed E-state index contributed by atoms with van der Waals surface area (Å²) in [7, 11) is 0. The van der Waals surface area contributed by atoms with Gasteiger partial charge in [-0.1, -0.05) is 6.92 Å². The van der Waals surface area contributed by atoms with Gasteiger partial charge in [0.2, 0.25) is 0 Å². The van der Waals surface area contributed by atoms with Crippen LogP contribution in [0.3, 0.4) is 0 Å². The van der Waals surface area contributed by atoms with Gasteiger partial charge < -0.3 is 0 Å². The Morgan fingerprint density at radius 1 is 1.58 bits per heavy atom. The summed E-state index contributed by atoms with van der Waals surface area (Å²) < 4.78 is 36.5. The second-order valence-corrected chi connectivity index (χ2v) is 2.36. The molecule has 12 heavy (non-hydrogen) atoms. The molecule has 0 aliphatic heterocycles. The van der Waals surface area contributed by atoms with Gasteiger partial charge in [-0.15, -0.1) is 0 Å². The predicted octanol–water partition coefficient (Wildman–Crippen LogP) is 1.81. The fourth-order valence-corrected chi connectivity index (χ4v) is 0.908. The van der Waals surface area contributed by atoms with E-state index in [1.807, 2.05) is 0 Å². The molecule has 0 atom stereocenters. The smallest absolute Gasteiger partial charge is 0.260 e. The molecule has 0 N–H and O–H groups in total. The molecule has 67 valence electrons. The molecular formula is C7H8F3N2. The van der Waals surface area contributed by atoms with Crippen molar-refractivity contribution in [2.45, 2.75) is 26.1 Å². The number of alkyl halides is 3. The minimum absolute atomic E-state index is 0.479. The molecule has 1 radical (unpaired) electrons. The van der Waals surface area contributed by atoms with Crippen LogP contribution in [-0.2, 0) is 13.0 Å². The molecule has 0 saturated heterocycles. The molecule has 0 unspecified atom stereocenters. The third-order valence-electron chi connectivity index (χ3n) is 1.40. The quantitative estimate of drug-likeness (QED) is 0.673. The number of hydrogen-bond donors (Lipinski definition) is 0. The fraction of sp³-hybridized carbons (Fsp3) is 0.571. The van der Waals surface area contributed by atoms with Crippen molar-refractivity contribution in [2.75, 3.05) is 0 Å². The Hall–Kier alpha value is -1.00. The van der Waals surface area contributed by atoms with Crippen LogP contribution in [-0.4, -0.2) is 16.0 Å². The molecule has 5 heteroatoms. The zero-order valence-electron chi connectivity index (χ0n) is 6.52. The van der Waals surface area contributed by atoms with E-state index in [0.717, 1.165) is 4.68 Å². The van der Waals surface area contributed by atoms with E-state index in [1.165, 1.54) is 6.20 Å². The third kappa shape index (κ3) is 2.25. The van der Waals surface area contributed by atoms with Crippen molar-refractivity contribution in [3.05, 3.63) is 18.0 Å². The summed E-state index contributed by atoms with van der Waals surface area (Å²) in [6.45, 7) is 0.736. The molecule has 0 amide bonds. The molecule has 1 aromatic rings. The lowest BCUT2D eigenvalue weighted by Crippen LogP contribution is -2.20. The van der Waals surface area contributed by atoms with Crippen molar-refractivity contribution in [3.8, 4) is 0 Å². The minimum Gasteiger partial charge on any atom is -0.260 e. The van der Waals surface area contributed by atoms with Crippen molar-refractivity contribution >= 4 is 0 Å². The molecule has 0 fully saturated rings. The number of nitrogens with zero attached hydrogens (tertiary/aromatic N) is 2. The van der Waals surface area contributed by atoms with Crippen LogP contribution < -0.4 is 0 Å². The van der Waals surface area contributed by atoms with E-state index in [9.17, 15) is 13.2 Å². The number of rotatable bonds is 2. The summed E-state index contributed by atoms with van der Waals surface area (Å²) in [5, 5.41) is 3.51. The lowest BCUT2D eigenvalue weighted by molar-refractivity contribution is -0.143. The zero-order chi connectivity index (χ0) is 9.19. The topological polar surface area (TPSA) is 17.8 Å². The molecule has 1 aromatic heterocycles. The standard InChI is InChI=1S/C7H8F3N2/c1-2-6-3-4-11-12(6)5-7(8,9)10/h4H,2,5H2,1H3. The number of aryl methyl sites for hydroxylation is 1. The van der Waals surface area contributed by atoms with E-state index in [4.69, 9.17) is 0 Å². The van der Waals surface area contributed by atoms with Gasteiger partial charge in [-0.3, -0.25) is 4.68 Å². The Kier molecular flexibility index (Phi) is 2.40. The maximum Gasteiger partial charge on any atom is 0.408 e.